The summed E-state index contributed by atoms with van der Waals surface area (Å²) in [7, 11) is 0. The Bertz CT molecular complexity index is 558. The molecule has 2 N–H and O–H groups in total. The smallest absolute Gasteiger partial charge is 0.397 e. The number of anilines is 2. The van der Waals surface area contributed by atoms with E-state index in [1.807, 2.05) is 0 Å². The number of imide groups is 1. The van der Waals surface area contributed by atoms with Crippen LogP contribution in [0.4, 0.5) is 37.7 Å². The minimum absolute atomic E-state index is 0.311. The number of carbonyl (C=O) groups excluding carboxylic acids is 2. The lowest BCUT2D eigenvalue weighted by molar-refractivity contribution is -0.181. The van der Waals surface area contributed by atoms with E-state index >= 15 is 0 Å². The van der Waals surface area contributed by atoms with Crippen LogP contribution in [0.15, 0.2) is 18.2 Å². The minimum atomic E-state index is -5.71. The summed E-state index contributed by atoms with van der Waals surface area (Å²) in [6.45, 7) is 0. The quantitative estimate of drug-likeness (QED) is 0.634. The molecule has 0 fully saturated rings. The zero-order chi connectivity index (χ0) is 16.6. The van der Waals surface area contributed by atoms with Gasteiger partial charge in [-0.3, -0.25) is 9.59 Å². The van der Waals surface area contributed by atoms with Crippen molar-refractivity contribution in [2.45, 2.75) is 12.4 Å². The topological polar surface area (TPSA) is 63.4 Å². The third kappa shape index (κ3) is 3.78. The van der Waals surface area contributed by atoms with Crippen LogP contribution in [0, 0.1) is 0 Å². The van der Waals surface area contributed by atoms with Crippen molar-refractivity contribution in [3.8, 4) is 0 Å². The van der Waals surface area contributed by atoms with Gasteiger partial charge in [0.15, 0.2) is 0 Å². The van der Waals surface area contributed by atoms with Crippen molar-refractivity contribution in [2.24, 2.45) is 0 Å². The molecule has 0 aliphatic rings. The van der Waals surface area contributed by atoms with Crippen molar-refractivity contribution in [3.05, 3.63) is 23.2 Å². The highest BCUT2D eigenvalue weighted by molar-refractivity contribution is 6.31. The van der Waals surface area contributed by atoms with Gasteiger partial charge in [-0.15, -0.1) is 0 Å². The van der Waals surface area contributed by atoms with Gasteiger partial charge in [0.05, 0.1) is 11.4 Å². The average Bonchev–Trinajstić information content (AvgIpc) is 2.31. The third-order valence-corrected chi connectivity index (χ3v) is 2.36. The third-order valence-electron chi connectivity index (χ3n) is 2.12. The highest BCUT2D eigenvalue weighted by Gasteiger charge is 2.53. The maximum atomic E-state index is 12.4. The van der Waals surface area contributed by atoms with Crippen LogP contribution in [0.2, 0.25) is 5.02 Å². The summed E-state index contributed by atoms with van der Waals surface area (Å²) in [6, 6.07) is 2.47. The number of nitrogen functional groups attached to an aromatic ring is 1. The van der Waals surface area contributed by atoms with E-state index in [0.29, 0.717) is 6.07 Å². The highest BCUT2D eigenvalue weighted by Crippen LogP contribution is 2.33. The van der Waals surface area contributed by atoms with Crippen LogP contribution in [0.25, 0.3) is 0 Å². The first-order chi connectivity index (χ1) is 9.35. The monoisotopic (exact) mass is 334 g/mol. The Morgan fingerprint density at radius 1 is 1.00 bits per heavy atom. The molecule has 0 aliphatic carbocycles. The highest BCUT2D eigenvalue weighted by atomic mass is 35.5. The number of rotatable bonds is 1. The molecule has 0 bridgehead atoms. The maximum Gasteiger partial charge on any atom is 0.472 e. The van der Waals surface area contributed by atoms with Crippen LogP contribution >= 0.6 is 11.6 Å². The van der Waals surface area contributed by atoms with Gasteiger partial charge in [0.1, 0.15) is 0 Å². The molecule has 1 aromatic carbocycles. The van der Waals surface area contributed by atoms with Crippen molar-refractivity contribution < 1.29 is 35.9 Å². The molecular weight excluding hydrogens is 330 g/mol. The summed E-state index contributed by atoms with van der Waals surface area (Å²) < 4.78 is 74.3. The Kier molecular flexibility index (Phi) is 4.42. The van der Waals surface area contributed by atoms with Gasteiger partial charge in [0.2, 0.25) is 0 Å². The van der Waals surface area contributed by atoms with Crippen LogP contribution in [0.3, 0.4) is 0 Å². The first kappa shape index (κ1) is 17.1. The van der Waals surface area contributed by atoms with Crippen molar-refractivity contribution in [1.29, 1.82) is 0 Å². The van der Waals surface area contributed by atoms with Crippen molar-refractivity contribution in [3.63, 3.8) is 0 Å². The second-order valence-electron chi connectivity index (χ2n) is 3.64. The number of amides is 2. The Hall–Kier alpha value is -1.97. The number of alkyl halides is 6. The van der Waals surface area contributed by atoms with Crippen LogP contribution in [0.5, 0.6) is 0 Å². The molecule has 0 spiro atoms. The lowest BCUT2D eigenvalue weighted by atomic mass is 10.2. The molecule has 0 unspecified atom stereocenters. The van der Waals surface area contributed by atoms with E-state index in [1.165, 1.54) is 0 Å². The van der Waals surface area contributed by atoms with Crippen LogP contribution in [0.1, 0.15) is 0 Å². The van der Waals surface area contributed by atoms with Gasteiger partial charge in [-0.1, -0.05) is 11.6 Å². The van der Waals surface area contributed by atoms with E-state index in [2.05, 4.69) is 0 Å². The molecule has 0 atom stereocenters. The Morgan fingerprint density at radius 2 is 1.43 bits per heavy atom. The van der Waals surface area contributed by atoms with E-state index < -0.39 is 40.4 Å². The molecule has 0 aliphatic heterocycles. The predicted molar refractivity (Wildman–Crippen MR) is 60.5 cm³/mol. The number of carbonyl (C=O) groups is 2. The summed E-state index contributed by atoms with van der Waals surface area (Å²) in [6.07, 6.45) is -11.4. The van der Waals surface area contributed by atoms with Gasteiger partial charge in [-0.2, -0.15) is 26.3 Å². The average molecular weight is 335 g/mol. The molecule has 21 heavy (non-hydrogen) atoms. The number of nitrogens with two attached hydrogens (primary N) is 1. The molecule has 2 amide bonds. The molecule has 0 saturated heterocycles. The Labute approximate surface area is 118 Å². The molecule has 0 aromatic heterocycles. The first-order valence-corrected chi connectivity index (χ1v) is 5.31. The largest absolute Gasteiger partial charge is 0.472 e. The summed E-state index contributed by atoms with van der Waals surface area (Å²) >= 11 is 5.43. The minimum Gasteiger partial charge on any atom is -0.397 e. The summed E-state index contributed by atoms with van der Waals surface area (Å²) in [5, 5.41) is -0.311. The Morgan fingerprint density at radius 3 is 1.81 bits per heavy atom. The molecular formula is C10H5ClF6N2O2. The van der Waals surface area contributed by atoms with Gasteiger partial charge in [0, 0.05) is 5.02 Å². The Balaban J connectivity index is 3.49. The van der Waals surface area contributed by atoms with E-state index in [-0.39, 0.29) is 5.02 Å². The molecule has 0 heterocycles. The van der Waals surface area contributed by atoms with Crippen molar-refractivity contribution in [1.82, 2.24) is 0 Å². The fourth-order valence-corrected chi connectivity index (χ4v) is 1.44. The zero-order valence-corrected chi connectivity index (χ0v) is 10.5. The SMILES string of the molecule is Nc1ccc(Cl)cc1N(C(=O)C(F)(F)F)C(=O)C(F)(F)F. The number of hydrogen-bond acceptors (Lipinski definition) is 3. The number of halogens is 7. The maximum absolute atomic E-state index is 12.4. The molecule has 0 radical (unpaired) electrons. The molecule has 11 heteroatoms. The van der Waals surface area contributed by atoms with Crippen LogP contribution in [-0.4, -0.2) is 24.2 Å². The summed E-state index contributed by atoms with van der Waals surface area (Å²) in [4.78, 5) is 21.1. The standard InChI is InChI=1S/C10H5ClF6N2O2/c11-4-1-2-5(18)6(3-4)19(7(20)9(12,13)14)8(21)10(15,16)17/h1-3H,18H2. The number of benzene rings is 1. The number of hydrogen-bond donors (Lipinski definition) is 1. The van der Waals surface area contributed by atoms with Gasteiger partial charge in [-0.25, -0.2) is 4.90 Å². The molecule has 0 saturated carbocycles. The lowest BCUT2D eigenvalue weighted by Crippen LogP contribution is -2.50. The second kappa shape index (κ2) is 5.43. The normalized spacial score (nSPS) is 12.1. The molecule has 1 aromatic rings. The van der Waals surface area contributed by atoms with Crippen molar-refractivity contribution >= 4 is 34.8 Å². The van der Waals surface area contributed by atoms with Gasteiger partial charge in [0.25, 0.3) is 0 Å². The van der Waals surface area contributed by atoms with Gasteiger partial charge in [-0.05, 0) is 18.2 Å². The fourth-order valence-electron chi connectivity index (χ4n) is 1.28. The first-order valence-electron chi connectivity index (χ1n) is 4.93. The predicted octanol–water partition coefficient (Wildman–Crippen LogP) is 2.91. The lowest BCUT2D eigenvalue weighted by Gasteiger charge is -2.24. The summed E-state index contributed by atoms with van der Waals surface area (Å²) in [5.74, 6) is -6.06. The van der Waals surface area contributed by atoms with E-state index in [9.17, 15) is 35.9 Å². The zero-order valence-electron chi connectivity index (χ0n) is 9.72. The molecule has 1 rings (SSSR count). The number of nitrogens with zero attached hydrogens (tertiary/aromatic N) is 1. The van der Waals surface area contributed by atoms with Gasteiger partial charge >= 0.3 is 24.2 Å². The molecule has 116 valence electrons. The van der Waals surface area contributed by atoms with E-state index in [0.717, 1.165) is 12.1 Å². The van der Waals surface area contributed by atoms with Gasteiger partial charge < -0.3 is 5.73 Å². The van der Waals surface area contributed by atoms with E-state index in [1.54, 1.807) is 0 Å². The fraction of sp³-hybridized carbons (Fsp3) is 0.200. The van der Waals surface area contributed by atoms with Crippen molar-refractivity contribution in [2.75, 3.05) is 10.6 Å². The molecule has 4 nitrogen and oxygen atoms in total. The summed E-state index contributed by atoms with van der Waals surface area (Å²) in [5.41, 5.74) is 3.45. The van der Waals surface area contributed by atoms with E-state index in [4.69, 9.17) is 17.3 Å². The van der Waals surface area contributed by atoms with Crippen LogP contribution in [-0.2, 0) is 9.59 Å². The van der Waals surface area contributed by atoms with Crippen LogP contribution < -0.4 is 10.6 Å². The second-order valence-corrected chi connectivity index (χ2v) is 4.08.